The van der Waals surface area contributed by atoms with E-state index in [9.17, 15) is 5.11 Å². The van der Waals surface area contributed by atoms with Crippen molar-refractivity contribution in [3.8, 4) is 0 Å². The van der Waals surface area contributed by atoms with Gasteiger partial charge in [0.2, 0.25) is 0 Å². The van der Waals surface area contributed by atoms with Gasteiger partial charge < -0.3 is 19.2 Å². The van der Waals surface area contributed by atoms with Gasteiger partial charge in [0.25, 0.3) is 0 Å². The molecule has 1 aliphatic carbocycles. The maximum atomic E-state index is 10.2. The summed E-state index contributed by atoms with van der Waals surface area (Å²) in [6.07, 6.45) is 0.915. The third-order valence-corrected chi connectivity index (χ3v) is 7.08. The molecule has 0 amide bonds. The summed E-state index contributed by atoms with van der Waals surface area (Å²) in [5, 5.41) is 14.3. The summed E-state index contributed by atoms with van der Waals surface area (Å²) in [6.45, 7) is 9.26. The summed E-state index contributed by atoms with van der Waals surface area (Å²) < 4.78 is 18.0. The van der Waals surface area contributed by atoms with Crippen LogP contribution >= 0.6 is 0 Å². The molecule has 27 heavy (non-hydrogen) atoms. The molecule has 2 saturated heterocycles. The molecule has 0 radical (unpaired) electrons. The van der Waals surface area contributed by atoms with E-state index < -0.39 is 12.7 Å². The minimum absolute atomic E-state index is 0.0280. The third kappa shape index (κ3) is 2.87. The van der Waals surface area contributed by atoms with E-state index >= 15 is 0 Å². The number of fused-ring (bicyclic) bond motifs is 2. The Hall–Kier alpha value is -1.28. The molecule has 2 unspecified atom stereocenters. The lowest BCUT2D eigenvalue weighted by molar-refractivity contribution is -0.110. The zero-order chi connectivity index (χ0) is 19.4. The average Bonchev–Trinajstić information content (AvgIpc) is 2.82. The molecule has 1 aromatic rings. The Bertz CT molecular complexity index is 691. The van der Waals surface area contributed by atoms with Gasteiger partial charge in [-0.3, -0.25) is 0 Å². The van der Waals surface area contributed by atoms with E-state index in [2.05, 4.69) is 5.11 Å². The van der Waals surface area contributed by atoms with Gasteiger partial charge in [-0.15, -0.1) is 0 Å². The van der Waals surface area contributed by atoms with Crippen LogP contribution in [0, 0.1) is 17.4 Å². The van der Waals surface area contributed by atoms with E-state index in [4.69, 9.17) is 19.6 Å². The highest BCUT2D eigenvalue weighted by molar-refractivity contribution is 6.62. The van der Waals surface area contributed by atoms with Crippen LogP contribution in [0.5, 0.6) is 0 Å². The van der Waals surface area contributed by atoms with Gasteiger partial charge in [0.1, 0.15) is 5.54 Å². The topological polar surface area (TPSA) is 84.1 Å². The lowest BCUT2D eigenvalue weighted by atomic mass is 9.61. The van der Waals surface area contributed by atoms with E-state index in [1.165, 1.54) is 0 Å². The Morgan fingerprint density at radius 2 is 1.52 bits per heavy atom. The Balaban J connectivity index is 1.63. The van der Waals surface area contributed by atoms with Gasteiger partial charge in [0.15, 0.2) is 0 Å². The second-order valence-electron chi connectivity index (χ2n) is 9.20. The molecular weight excluding hydrogens is 343 g/mol. The van der Waals surface area contributed by atoms with Crippen molar-refractivity contribution in [3.05, 3.63) is 29.8 Å². The Morgan fingerprint density at radius 3 is 2.00 bits per heavy atom. The number of benzene rings is 1. The number of nitrogens with one attached hydrogen (secondary N) is 1. The maximum Gasteiger partial charge on any atom is 0.494 e. The summed E-state index contributed by atoms with van der Waals surface area (Å²) >= 11 is 0. The molecule has 4 rings (SSSR count). The molecule has 1 saturated carbocycles. The number of aliphatic hydroxyl groups excluding tert-OH is 1. The zero-order valence-corrected chi connectivity index (χ0v) is 16.6. The first kappa shape index (κ1) is 19.1. The van der Waals surface area contributed by atoms with E-state index in [1.54, 1.807) is 0 Å². The van der Waals surface area contributed by atoms with Crippen LogP contribution in [0.2, 0.25) is 0 Å². The smallest absolute Gasteiger partial charge is 0.399 e. The molecule has 2 aliphatic heterocycles. The molecule has 3 fully saturated rings. The van der Waals surface area contributed by atoms with Crippen LogP contribution in [0.3, 0.4) is 0 Å². The van der Waals surface area contributed by atoms with Crippen LogP contribution in [0.15, 0.2) is 29.4 Å². The number of hydrogen-bond acceptors (Lipinski definition) is 6. The third-order valence-electron chi connectivity index (χ3n) is 7.08. The minimum atomic E-state index is -0.605. The lowest BCUT2D eigenvalue weighted by Crippen LogP contribution is -2.54. The summed E-state index contributed by atoms with van der Waals surface area (Å²) in [7, 11) is -0.399. The molecule has 3 aliphatic rings. The molecule has 2 heterocycles. The largest absolute Gasteiger partial charge is 0.494 e. The highest BCUT2D eigenvalue weighted by Gasteiger charge is 2.55. The van der Waals surface area contributed by atoms with E-state index in [-0.39, 0.29) is 29.1 Å². The highest BCUT2D eigenvalue weighted by atomic mass is 16.7. The van der Waals surface area contributed by atoms with Gasteiger partial charge in [0, 0.05) is 11.8 Å². The van der Waals surface area contributed by atoms with Crippen LogP contribution in [0.25, 0.3) is 0 Å². The van der Waals surface area contributed by atoms with Gasteiger partial charge in [-0.05, 0) is 51.6 Å². The standard InChI is InChI=1S/C20H29BN2O4/c1-18(2)19(3,4)27-21(26-18)16-7-5-13(6-8-16)20(23-22)14-9-17(24)10-15(20)12-25-11-14/h5-8,14-15,17,22,24H,9-12H2,1-4H3/t14-,15+,17?,20?. The number of aliphatic hydroxyl groups is 1. The number of rotatable bonds is 3. The fourth-order valence-corrected chi connectivity index (χ4v) is 4.79. The first-order valence-corrected chi connectivity index (χ1v) is 9.80. The van der Waals surface area contributed by atoms with Gasteiger partial charge in [0.05, 0.1) is 30.5 Å². The van der Waals surface area contributed by atoms with Crippen LogP contribution in [-0.4, -0.2) is 42.7 Å². The Labute approximate surface area is 161 Å². The van der Waals surface area contributed by atoms with E-state index in [0.717, 1.165) is 11.0 Å². The molecule has 146 valence electrons. The summed E-state index contributed by atoms with van der Waals surface area (Å²) in [5.41, 5.74) is 8.64. The number of hydrogen-bond donors (Lipinski definition) is 2. The molecule has 4 atom stereocenters. The fraction of sp³-hybridized carbons (Fsp3) is 0.700. The number of ether oxygens (including phenoxy) is 1. The van der Waals surface area contributed by atoms with Gasteiger partial charge >= 0.3 is 7.12 Å². The van der Waals surface area contributed by atoms with Crippen molar-refractivity contribution in [2.75, 3.05) is 13.2 Å². The predicted molar refractivity (Wildman–Crippen MR) is 102 cm³/mol. The lowest BCUT2D eigenvalue weighted by Gasteiger charge is -2.50. The normalized spacial score (nSPS) is 37.2. The second kappa shape index (κ2) is 6.37. The Kier molecular flexibility index (Phi) is 4.50. The van der Waals surface area contributed by atoms with Crippen molar-refractivity contribution in [1.29, 1.82) is 5.53 Å². The molecular formula is C20H29BN2O4. The fourth-order valence-electron chi connectivity index (χ4n) is 4.79. The van der Waals surface area contributed by atoms with Crippen molar-refractivity contribution < 1.29 is 19.2 Å². The SMILES string of the molecule is CC1(C)OB(c2ccc(C3(N=N)[C@@H]4COC[C@H]3CC(O)C4)cc2)OC1(C)C. The molecule has 7 heteroatoms. The first-order valence-electron chi connectivity index (χ1n) is 9.80. The van der Waals surface area contributed by atoms with Gasteiger partial charge in [-0.25, -0.2) is 5.53 Å². The molecule has 1 aromatic carbocycles. The summed E-state index contributed by atoms with van der Waals surface area (Å²) in [5.74, 6) is 0.0559. The Morgan fingerprint density at radius 1 is 1.00 bits per heavy atom. The molecule has 6 nitrogen and oxygen atoms in total. The molecule has 2 bridgehead atoms. The van der Waals surface area contributed by atoms with Gasteiger partial charge in [-0.1, -0.05) is 24.3 Å². The molecule has 0 spiro atoms. The van der Waals surface area contributed by atoms with Crippen LogP contribution in [0.1, 0.15) is 46.1 Å². The van der Waals surface area contributed by atoms with E-state index in [1.807, 2.05) is 52.0 Å². The van der Waals surface area contributed by atoms with Crippen molar-refractivity contribution in [1.82, 2.24) is 0 Å². The van der Waals surface area contributed by atoms with Crippen LogP contribution < -0.4 is 5.46 Å². The van der Waals surface area contributed by atoms with Crippen LogP contribution in [-0.2, 0) is 19.6 Å². The number of nitrogens with zero attached hydrogens (tertiary/aromatic N) is 1. The summed E-state index contributed by atoms with van der Waals surface area (Å²) in [6, 6.07) is 8.13. The van der Waals surface area contributed by atoms with Crippen LogP contribution in [0.4, 0.5) is 0 Å². The second-order valence-corrected chi connectivity index (χ2v) is 9.20. The first-order chi connectivity index (χ1) is 12.7. The van der Waals surface area contributed by atoms with Crippen molar-refractivity contribution in [2.45, 2.75) is 63.4 Å². The van der Waals surface area contributed by atoms with Crippen molar-refractivity contribution >= 4 is 12.6 Å². The van der Waals surface area contributed by atoms with Crippen molar-refractivity contribution in [3.63, 3.8) is 0 Å². The average molecular weight is 372 g/mol. The van der Waals surface area contributed by atoms with Crippen molar-refractivity contribution in [2.24, 2.45) is 17.0 Å². The zero-order valence-electron chi connectivity index (χ0n) is 16.6. The summed E-state index contributed by atoms with van der Waals surface area (Å²) in [4.78, 5) is 0. The predicted octanol–water partition coefficient (Wildman–Crippen LogP) is 2.63. The van der Waals surface area contributed by atoms with E-state index in [0.29, 0.717) is 26.1 Å². The molecule has 0 aromatic heterocycles. The minimum Gasteiger partial charge on any atom is -0.399 e. The molecule has 2 N–H and O–H groups in total. The highest BCUT2D eigenvalue weighted by Crippen LogP contribution is 2.51. The maximum absolute atomic E-state index is 10.2. The monoisotopic (exact) mass is 372 g/mol. The van der Waals surface area contributed by atoms with Gasteiger partial charge in [-0.2, -0.15) is 5.11 Å². The quantitative estimate of drug-likeness (QED) is 0.631.